The molecule has 1 aliphatic carbocycles. The topological polar surface area (TPSA) is 23.5 Å². The van der Waals surface area contributed by atoms with Crippen LogP contribution in [0.15, 0.2) is 24.3 Å². The minimum Gasteiger partial charge on any atom is -0.384 e. The van der Waals surface area contributed by atoms with E-state index in [1.54, 1.807) is 0 Å². The van der Waals surface area contributed by atoms with Crippen molar-refractivity contribution < 1.29 is 5.11 Å². The Hall–Kier alpha value is -1.30. The van der Waals surface area contributed by atoms with Gasteiger partial charge in [-0.15, -0.1) is 0 Å². The molecule has 0 spiro atoms. The first-order valence-electron chi connectivity index (χ1n) is 6.60. The van der Waals surface area contributed by atoms with Gasteiger partial charge in [0.25, 0.3) is 0 Å². The van der Waals surface area contributed by atoms with Crippen LogP contribution >= 0.6 is 0 Å². The van der Waals surface area contributed by atoms with E-state index in [9.17, 15) is 0 Å². The highest BCUT2D eigenvalue weighted by Gasteiger charge is 2.30. The fraction of sp³-hybridized carbons (Fsp3) is 0.500. The van der Waals surface area contributed by atoms with E-state index >= 15 is 0 Å². The van der Waals surface area contributed by atoms with Crippen LogP contribution < -0.4 is 0 Å². The number of rotatable bonds is 4. The zero-order chi connectivity index (χ0) is 13.0. The number of hydrogen-bond donors (Lipinski definition) is 1. The molecule has 2 heteroatoms. The molecule has 1 aromatic rings. The molecule has 0 bridgehead atoms. The lowest BCUT2D eigenvalue weighted by atomic mass is 10.1. The molecule has 0 aliphatic heterocycles. The second-order valence-corrected chi connectivity index (χ2v) is 5.11. The fourth-order valence-electron chi connectivity index (χ4n) is 2.27. The van der Waals surface area contributed by atoms with Crippen molar-refractivity contribution in [3.05, 3.63) is 35.4 Å². The highest BCUT2D eigenvalue weighted by atomic mass is 16.2. The second kappa shape index (κ2) is 6.04. The molecule has 2 nitrogen and oxygen atoms in total. The Balaban J connectivity index is 2.07. The SMILES string of the molecule is CC(C1CC1)N(C)Cc1ccccc1C#CCO. The zero-order valence-electron chi connectivity index (χ0n) is 11.2. The van der Waals surface area contributed by atoms with Gasteiger partial charge in [0.2, 0.25) is 0 Å². The van der Waals surface area contributed by atoms with Crippen molar-refractivity contribution in [2.75, 3.05) is 13.7 Å². The van der Waals surface area contributed by atoms with Gasteiger partial charge in [0.1, 0.15) is 6.61 Å². The Morgan fingerprint density at radius 2 is 2.11 bits per heavy atom. The van der Waals surface area contributed by atoms with Crippen LogP contribution in [0.4, 0.5) is 0 Å². The van der Waals surface area contributed by atoms with Crippen molar-refractivity contribution >= 4 is 0 Å². The minimum atomic E-state index is -0.0807. The van der Waals surface area contributed by atoms with Gasteiger partial charge in [0, 0.05) is 18.2 Å². The molecule has 1 aliphatic rings. The lowest BCUT2D eigenvalue weighted by molar-refractivity contribution is 0.226. The highest BCUT2D eigenvalue weighted by Crippen LogP contribution is 2.35. The van der Waals surface area contributed by atoms with Crippen molar-refractivity contribution in [1.82, 2.24) is 4.90 Å². The quantitative estimate of drug-likeness (QED) is 0.820. The molecule has 1 aromatic carbocycles. The molecule has 2 rings (SSSR count). The van der Waals surface area contributed by atoms with E-state index in [0.29, 0.717) is 6.04 Å². The van der Waals surface area contributed by atoms with Crippen LogP contribution in [0.5, 0.6) is 0 Å². The van der Waals surface area contributed by atoms with Crippen LogP contribution in [0.25, 0.3) is 0 Å². The van der Waals surface area contributed by atoms with Gasteiger partial charge in [-0.2, -0.15) is 0 Å². The fourth-order valence-corrected chi connectivity index (χ4v) is 2.27. The largest absolute Gasteiger partial charge is 0.384 e. The summed E-state index contributed by atoms with van der Waals surface area (Å²) in [6.45, 7) is 3.15. The maximum atomic E-state index is 8.79. The van der Waals surface area contributed by atoms with E-state index in [4.69, 9.17) is 5.11 Å². The van der Waals surface area contributed by atoms with E-state index in [-0.39, 0.29) is 6.61 Å². The molecule has 1 atom stereocenters. The molecule has 0 amide bonds. The molecular formula is C16H21NO. The van der Waals surface area contributed by atoms with Crippen LogP contribution in [-0.2, 0) is 6.54 Å². The van der Waals surface area contributed by atoms with Gasteiger partial charge in [-0.3, -0.25) is 4.90 Å². The van der Waals surface area contributed by atoms with E-state index in [1.165, 1.54) is 18.4 Å². The molecule has 18 heavy (non-hydrogen) atoms. The third kappa shape index (κ3) is 3.35. The van der Waals surface area contributed by atoms with Crippen LogP contribution in [0.2, 0.25) is 0 Å². The summed E-state index contributed by atoms with van der Waals surface area (Å²) in [6, 6.07) is 8.83. The van der Waals surface area contributed by atoms with Crippen molar-refractivity contribution in [3.63, 3.8) is 0 Å². The molecule has 0 saturated heterocycles. The van der Waals surface area contributed by atoms with Crippen LogP contribution in [0.3, 0.4) is 0 Å². The van der Waals surface area contributed by atoms with Gasteiger partial charge in [-0.25, -0.2) is 0 Å². The van der Waals surface area contributed by atoms with Crippen molar-refractivity contribution in [1.29, 1.82) is 0 Å². The predicted molar refractivity (Wildman–Crippen MR) is 74.1 cm³/mol. The molecule has 0 heterocycles. The molecular weight excluding hydrogens is 222 g/mol. The van der Waals surface area contributed by atoms with Crippen molar-refractivity contribution in [2.24, 2.45) is 5.92 Å². The number of aliphatic hydroxyl groups is 1. The molecule has 1 unspecified atom stereocenters. The van der Waals surface area contributed by atoms with Gasteiger partial charge in [-0.05, 0) is 44.4 Å². The molecule has 1 saturated carbocycles. The first-order chi connectivity index (χ1) is 8.72. The second-order valence-electron chi connectivity index (χ2n) is 5.11. The average Bonchev–Trinajstić information content (AvgIpc) is 3.21. The molecule has 1 N–H and O–H groups in total. The number of aliphatic hydroxyl groups excluding tert-OH is 1. The standard InChI is InChI=1S/C16H21NO/c1-13(14-9-10-14)17(2)12-16-7-4-3-6-15(16)8-5-11-18/h3-4,6-7,13-14,18H,9-12H2,1-2H3. The monoisotopic (exact) mass is 243 g/mol. The Kier molecular flexibility index (Phi) is 4.41. The first kappa shape index (κ1) is 13.1. The summed E-state index contributed by atoms with van der Waals surface area (Å²) in [5, 5.41) is 8.79. The smallest absolute Gasteiger partial charge is 0.104 e. The summed E-state index contributed by atoms with van der Waals surface area (Å²) in [7, 11) is 2.18. The van der Waals surface area contributed by atoms with Crippen LogP contribution in [-0.4, -0.2) is 29.7 Å². The normalized spacial score (nSPS) is 16.2. The van der Waals surface area contributed by atoms with Gasteiger partial charge in [-0.1, -0.05) is 30.0 Å². The number of hydrogen-bond acceptors (Lipinski definition) is 2. The van der Waals surface area contributed by atoms with Gasteiger partial charge in [0.05, 0.1) is 0 Å². The van der Waals surface area contributed by atoms with Crippen molar-refractivity contribution in [2.45, 2.75) is 32.4 Å². The van der Waals surface area contributed by atoms with E-state index in [2.05, 4.69) is 42.8 Å². The average molecular weight is 243 g/mol. The molecule has 0 aromatic heterocycles. The Labute approximate surface area is 110 Å². The van der Waals surface area contributed by atoms with Gasteiger partial charge >= 0.3 is 0 Å². The van der Waals surface area contributed by atoms with E-state index < -0.39 is 0 Å². The predicted octanol–water partition coefficient (Wildman–Crippen LogP) is 2.26. The molecule has 0 radical (unpaired) electrons. The highest BCUT2D eigenvalue weighted by molar-refractivity contribution is 5.41. The lowest BCUT2D eigenvalue weighted by Crippen LogP contribution is -2.30. The lowest BCUT2D eigenvalue weighted by Gasteiger charge is -2.25. The summed E-state index contributed by atoms with van der Waals surface area (Å²) >= 11 is 0. The summed E-state index contributed by atoms with van der Waals surface area (Å²) in [5.74, 6) is 6.64. The summed E-state index contributed by atoms with van der Waals surface area (Å²) in [5.41, 5.74) is 2.27. The van der Waals surface area contributed by atoms with Crippen molar-refractivity contribution in [3.8, 4) is 11.8 Å². The summed E-state index contributed by atoms with van der Waals surface area (Å²) in [4.78, 5) is 2.40. The van der Waals surface area contributed by atoms with Crippen LogP contribution in [0, 0.1) is 17.8 Å². The van der Waals surface area contributed by atoms with E-state index in [0.717, 1.165) is 18.0 Å². The zero-order valence-corrected chi connectivity index (χ0v) is 11.2. The van der Waals surface area contributed by atoms with Gasteiger partial charge in [0.15, 0.2) is 0 Å². The van der Waals surface area contributed by atoms with E-state index in [1.807, 2.05) is 12.1 Å². The summed E-state index contributed by atoms with van der Waals surface area (Å²) < 4.78 is 0. The Morgan fingerprint density at radius 1 is 1.39 bits per heavy atom. The summed E-state index contributed by atoms with van der Waals surface area (Å²) in [6.07, 6.45) is 2.74. The Morgan fingerprint density at radius 3 is 2.78 bits per heavy atom. The van der Waals surface area contributed by atoms with Gasteiger partial charge < -0.3 is 5.11 Å². The maximum absolute atomic E-state index is 8.79. The minimum absolute atomic E-state index is 0.0807. The Bertz CT molecular complexity index is 454. The third-order valence-corrected chi connectivity index (χ3v) is 3.74. The third-order valence-electron chi connectivity index (χ3n) is 3.74. The molecule has 96 valence electrons. The molecule has 1 fully saturated rings. The van der Waals surface area contributed by atoms with Crippen LogP contribution in [0.1, 0.15) is 30.9 Å². The number of benzene rings is 1. The maximum Gasteiger partial charge on any atom is 0.104 e. The number of nitrogens with zero attached hydrogens (tertiary/aromatic N) is 1. The first-order valence-corrected chi connectivity index (χ1v) is 6.60.